The molecule has 3 aromatic rings. The van der Waals surface area contributed by atoms with Crippen molar-refractivity contribution in [1.82, 2.24) is 0 Å². The molecule has 0 atom stereocenters. The Kier molecular flexibility index (Phi) is 27.3. The third-order valence-corrected chi connectivity index (χ3v) is 7.89. The molecule has 0 aliphatic heterocycles. The number of rotatable bonds is 8. The molecule has 0 aliphatic rings. The van der Waals surface area contributed by atoms with E-state index in [0.29, 0.717) is 23.3 Å². The average Bonchev–Trinajstić information content (AvgIpc) is 2.97. The van der Waals surface area contributed by atoms with Crippen molar-refractivity contribution in [2.24, 2.45) is 0 Å². The first-order valence-electron chi connectivity index (χ1n) is 12.2. The van der Waals surface area contributed by atoms with Crippen LogP contribution in [-0.4, -0.2) is 42.6 Å². The van der Waals surface area contributed by atoms with E-state index in [0.717, 1.165) is 56.8 Å². The zero-order valence-corrected chi connectivity index (χ0v) is 33.2. The van der Waals surface area contributed by atoms with E-state index in [1.165, 1.54) is 0 Å². The summed E-state index contributed by atoms with van der Waals surface area (Å²) in [5, 5.41) is 0. The fourth-order valence-corrected chi connectivity index (χ4v) is 4.88. The summed E-state index contributed by atoms with van der Waals surface area (Å²) in [6.07, 6.45) is -12.5. The Morgan fingerprint density at radius 2 is 0.851 bits per heavy atom. The van der Waals surface area contributed by atoms with E-state index in [2.05, 4.69) is 43.7 Å². The van der Waals surface area contributed by atoms with Crippen LogP contribution < -0.4 is 0 Å². The summed E-state index contributed by atoms with van der Waals surface area (Å²) >= 11 is 7.61. The number of benzene rings is 3. The Hall–Kier alpha value is -0.457. The Morgan fingerprint density at radius 1 is 0.596 bits per heavy atom. The van der Waals surface area contributed by atoms with Gasteiger partial charge in [0.25, 0.3) is 0 Å². The monoisotopic (exact) mass is 878 g/mol. The Bertz CT molecular complexity index is 1270. The van der Waals surface area contributed by atoms with Crippen molar-refractivity contribution in [2.45, 2.75) is 35.8 Å². The van der Waals surface area contributed by atoms with Gasteiger partial charge in [0.05, 0.1) is 11.5 Å². The van der Waals surface area contributed by atoms with Crippen molar-refractivity contribution in [1.29, 1.82) is 0 Å². The van der Waals surface area contributed by atoms with Crippen LogP contribution >= 0.6 is 79.0 Å². The molecule has 20 heteroatoms. The van der Waals surface area contributed by atoms with E-state index in [1.54, 1.807) is 24.3 Å². The number of thioether (sulfide) groups is 3. The van der Waals surface area contributed by atoms with Gasteiger partial charge in [-0.3, -0.25) is 0 Å². The SMILES string of the molecule is FC(F)(F)C(=S)SCc1ccccc1.FC(F)(F)CSCc1ccccc1.FC(F)(F)CSCc1ccccc1.O=S(=O)(Cl)Cl.[S]=[Zn]. The van der Waals surface area contributed by atoms with Crippen molar-refractivity contribution in [3.63, 3.8) is 0 Å². The molecule has 3 rings (SSSR count). The number of halogens is 11. The summed E-state index contributed by atoms with van der Waals surface area (Å²) in [6.45, 7) is 0. The molecule has 0 radical (unpaired) electrons. The molecule has 0 N–H and O–H groups in total. The van der Waals surface area contributed by atoms with Crippen LogP contribution in [0.5, 0.6) is 0 Å². The van der Waals surface area contributed by atoms with Gasteiger partial charge in [0.15, 0.2) is 4.20 Å². The van der Waals surface area contributed by atoms with Crippen LogP contribution in [0, 0.1) is 0 Å². The second-order valence-electron chi connectivity index (χ2n) is 8.12. The first-order chi connectivity index (χ1) is 21.7. The average molecular weight is 881 g/mol. The quantitative estimate of drug-likeness (QED) is 0.0965. The zero-order chi connectivity index (χ0) is 36.6. The van der Waals surface area contributed by atoms with Crippen LogP contribution in [0.15, 0.2) is 91.0 Å². The molecule has 0 heterocycles. The molecule has 47 heavy (non-hydrogen) atoms. The van der Waals surface area contributed by atoms with Gasteiger partial charge in [-0.05, 0) is 16.7 Å². The summed E-state index contributed by atoms with van der Waals surface area (Å²) in [4.78, 5) is 0. The fraction of sp³-hybridized carbons (Fsp3) is 0.296. The van der Waals surface area contributed by atoms with E-state index in [-0.39, 0.29) is 5.75 Å². The van der Waals surface area contributed by atoms with Gasteiger partial charge in [-0.2, -0.15) is 47.9 Å². The maximum absolute atomic E-state index is 12.0. The minimum absolute atomic E-state index is 0.263. The number of hydrogen-bond acceptors (Lipinski definition) is 7. The van der Waals surface area contributed by atoms with Crippen molar-refractivity contribution < 1.29 is 64.5 Å². The maximum atomic E-state index is 12.0. The van der Waals surface area contributed by atoms with Crippen LogP contribution in [0.3, 0.4) is 0 Å². The van der Waals surface area contributed by atoms with Crippen molar-refractivity contribution >= 4 is 91.4 Å². The first-order valence-corrected chi connectivity index (χ1v) is 23.3. The molecule has 0 unspecified atom stereocenters. The minimum atomic E-state index is -4.37. The molecule has 0 saturated heterocycles. The van der Waals surface area contributed by atoms with Gasteiger partial charge in [-0.15, -0.1) is 35.3 Å². The van der Waals surface area contributed by atoms with Gasteiger partial charge in [0, 0.05) is 38.6 Å². The van der Waals surface area contributed by atoms with E-state index in [4.69, 9.17) is 8.42 Å². The summed E-state index contributed by atoms with van der Waals surface area (Å²) in [7, 11) is 9.02. The van der Waals surface area contributed by atoms with Crippen LogP contribution in [0.2, 0.25) is 0 Å². The van der Waals surface area contributed by atoms with Gasteiger partial charge in [-0.25, -0.2) is 0 Å². The predicted molar refractivity (Wildman–Crippen MR) is 182 cm³/mol. The van der Waals surface area contributed by atoms with Gasteiger partial charge >= 0.3 is 53.5 Å². The van der Waals surface area contributed by atoms with Crippen LogP contribution in [-0.2, 0) is 42.1 Å². The van der Waals surface area contributed by atoms with Gasteiger partial charge in [-0.1, -0.05) is 103 Å². The Balaban J connectivity index is 0. The first kappa shape index (κ1) is 48.7. The molecule has 260 valence electrons. The van der Waals surface area contributed by atoms with E-state index in [1.807, 2.05) is 66.7 Å². The Labute approximate surface area is 308 Å². The van der Waals surface area contributed by atoms with Crippen LogP contribution in [0.25, 0.3) is 0 Å². The standard InChI is InChI=1S/C9H7F3S2.2C9H9F3S.Cl2O2S.S.Zn/c10-9(11,12)8(13)14-6-7-4-2-1-3-5-7;2*10-9(11,12)7-13-6-8-4-2-1-3-5-8;1-5(2,3)4;;/h1-5H,6H2;2*1-5H,6-7H2;;;. The molecule has 3 aromatic carbocycles. The predicted octanol–water partition coefficient (Wildman–Crippen LogP) is 12.1. The van der Waals surface area contributed by atoms with Gasteiger partial charge in [0.2, 0.25) is 0 Å². The second-order valence-corrected chi connectivity index (χ2v) is 15.4. The Morgan fingerprint density at radius 3 is 1.09 bits per heavy atom. The second kappa shape index (κ2) is 26.4. The summed E-state index contributed by atoms with van der Waals surface area (Å²) < 4.78 is 124. The summed E-state index contributed by atoms with van der Waals surface area (Å²) in [5.41, 5.74) is 2.69. The third kappa shape index (κ3) is 36.6. The molecule has 0 fully saturated rings. The molecular formula is C27H25Cl2F9O2S6Zn. The van der Waals surface area contributed by atoms with E-state index >= 15 is 0 Å². The van der Waals surface area contributed by atoms with Crippen molar-refractivity contribution in [3.05, 3.63) is 108 Å². The third-order valence-electron chi connectivity index (χ3n) is 4.20. The molecule has 0 saturated carbocycles. The number of alkyl halides is 9. The topological polar surface area (TPSA) is 34.1 Å². The molecule has 0 bridgehead atoms. The van der Waals surface area contributed by atoms with Gasteiger partial charge in [0.1, 0.15) is 0 Å². The zero-order valence-electron chi connectivity index (χ0n) is 23.8. The molecule has 0 aromatic heterocycles. The van der Waals surface area contributed by atoms with E-state index < -0.39 is 42.5 Å². The molecule has 2 nitrogen and oxygen atoms in total. The molecule has 0 amide bonds. The molecule has 0 aliphatic carbocycles. The fourth-order valence-electron chi connectivity index (χ4n) is 2.52. The van der Waals surface area contributed by atoms with Gasteiger partial charge < -0.3 is 0 Å². The number of hydrogen-bond donors (Lipinski definition) is 0. The molecule has 0 spiro atoms. The van der Waals surface area contributed by atoms with Crippen molar-refractivity contribution in [2.75, 3.05) is 11.5 Å². The normalized spacial score (nSPS) is 11.2. The summed E-state index contributed by atoms with van der Waals surface area (Å²) in [6, 6.07) is 27.2. The molecular weight excluding hydrogens is 856 g/mol. The van der Waals surface area contributed by atoms with Crippen molar-refractivity contribution in [3.8, 4) is 0 Å². The van der Waals surface area contributed by atoms with Crippen LogP contribution in [0.4, 0.5) is 39.5 Å². The van der Waals surface area contributed by atoms with E-state index in [9.17, 15) is 39.5 Å². The summed E-state index contributed by atoms with van der Waals surface area (Å²) in [5.74, 6) is -0.455. The number of thiocarbonyl (C=S) groups is 1. The van der Waals surface area contributed by atoms with Crippen LogP contribution in [0.1, 0.15) is 16.7 Å².